The highest BCUT2D eigenvalue weighted by molar-refractivity contribution is 9.10. The summed E-state index contributed by atoms with van der Waals surface area (Å²) in [5, 5.41) is 0. The molecular formula is C17H17BrN2O4. The number of halogens is 1. The minimum atomic E-state index is -0.461. The molecule has 0 saturated carbocycles. The number of nitrogens with one attached hydrogen (secondary N) is 2. The van der Waals surface area contributed by atoms with E-state index in [2.05, 4.69) is 26.8 Å². The Labute approximate surface area is 148 Å². The monoisotopic (exact) mass is 392 g/mol. The van der Waals surface area contributed by atoms with Crippen molar-refractivity contribution in [3.05, 3.63) is 58.1 Å². The molecule has 6 nitrogen and oxygen atoms in total. The Morgan fingerprint density at radius 1 is 1.04 bits per heavy atom. The van der Waals surface area contributed by atoms with Crippen LogP contribution in [0, 0.1) is 0 Å². The lowest BCUT2D eigenvalue weighted by molar-refractivity contribution is 0.0846. The van der Waals surface area contributed by atoms with Gasteiger partial charge in [-0.25, -0.2) is 0 Å². The molecule has 7 heteroatoms. The van der Waals surface area contributed by atoms with E-state index < -0.39 is 11.8 Å². The third-order valence-corrected chi connectivity index (χ3v) is 3.83. The summed E-state index contributed by atoms with van der Waals surface area (Å²) < 4.78 is 11.2. The fourth-order valence-electron chi connectivity index (χ4n) is 1.98. The third kappa shape index (κ3) is 4.26. The lowest BCUT2D eigenvalue weighted by atomic mass is 10.2. The average molecular weight is 393 g/mol. The minimum Gasteiger partial charge on any atom is -0.493 e. The van der Waals surface area contributed by atoms with Gasteiger partial charge >= 0.3 is 0 Å². The number of hydrogen-bond donors (Lipinski definition) is 2. The van der Waals surface area contributed by atoms with Gasteiger partial charge in [0.2, 0.25) is 0 Å². The van der Waals surface area contributed by atoms with Crippen molar-refractivity contribution in [2.24, 2.45) is 0 Å². The van der Waals surface area contributed by atoms with Crippen LogP contribution in [0.2, 0.25) is 0 Å². The second kappa shape index (κ2) is 8.35. The van der Waals surface area contributed by atoms with Gasteiger partial charge in [-0.2, -0.15) is 0 Å². The topological polar surface area (TPSA) is 76.7 Å². The second-order valence-electron chi connectivity index (χ2n) is 4.69. The van der Waals surface area contributed by atoms with Crippen molar-refractivity contribution in [2.45, 2.75) is 6.92 Å². The van der Waals surface area contributed by atoms with Crippen LogP contribution in [0.15, 0.2) is 46.9 Å². The van der Waals surface area contributed by atoms with Crippen LogP contribution in [0.3, 0.4) is 0 Å². The highest BCUT2D eigenvalue weighted by Gasteiger charge is 2.13. The molecule has 0 atom stereocenters. The first-order valence-corrected chi connectivity index (χ1v) is 8.02. The summed E-state index contributed by atoms with van der Waals surface area (Å²) in [7, 11) is 1.49. The SMILES string of the molecule is CCOc1ccc(C(=O)NNC(=O)c2ccccc2Br)cc1OC. The second-order valence-corrected chi connectivity index (χ2v) is 5.54. The van der Waals surface area contributed by atoms with Gasteiger partial charge in [-0.05, 0) is 53.2 Å². The fraction of sp³-hybridized carbons (Fsp3) is 0.176. The molecule has 2 amide bonds. The first-order valence-electron chi connectivity index (χ1n) is 7.22. The predicted octanol–water partition coefficient (Wildman–Crippen LogP) is 2.93. The van der Waals surface area contributed by atoms with Crippen LogP contribution in [0.5, 0.6) is 11.5 Å². The van der Waals surface area contributed by atoms with Crippen molar-refractivity contribution in [1.82, 2.24) is 10.9 Å². The van der Waals surface area contributed by atoms with E-state index in [1.807, 2.05) is 6.92 Å². The number of amides is 2. The summed E-state index contributed by atoms with van der Waals surface area (Å²) in [5.41, 5.74) is 5.50. The number of benzene rings is 2. The molecule has 0 saturated heterocycles. The van der Waals surface area contributed by atoms with Crippen LogP contribution in [-0.2, 0) is 0 Å². The number of carbonyl (C=O) groups excluding carboxylic acids is 2. The van der Waals surface area contributed by atoms with Gasteiger partial charge in [0.05, 0.1) is 19.3 Å². The van der Waals surface area contributed by atoms with Gasteiger partial charge in [-0.15, -0.1) is 0 Å². The minimum absolute atomic E-state index is 0.336. The van der Waals surface area contributed by atoms with Crippen molar-refractivity contribution in [2.75, 3.05) is 13.7 Å². The van der Waals surface area contributed by atoms with E-state index in [1.54, 1.807) is 42.5 Å². The highest BCUT2D eigenvalue weighted by atomic mass is 79.9. The van der Waals surface area contributed by atoms with Gasteiger partial charge in [0.1, 0.15) is 0 Å². The summed E-state index contributed by atoms with van der Waals surface area (Å²) >= 11 is 3.29. The van der Waals surface area contributed by atoms with Crippen LogP contribution in [0.25, 0.3) is 0 Å². The van der Waals surface area contributed by atoms with Crippen molar-refractivity contribution in [3.63, 3.8) is 0 Å². The van der Waals surface area contributed by atoms with E-state index in [1.165, 1.54) is 7.11 Å². The van der Waals surface area contributed by atoms with E-state index in [9.17, 15) is 9.59 Å². The highest BCUT2D eigenvalue weighted by Crippen LogP contribution is 2.27. The molecule has 0 heterocycles. The van der Waals surface area contributed by atoms with E-state index in [0.29, 0.717) is 33.7 Å². The molecular weight excluding hydrogens is 376 g/mol. The van der Waals surface area contributed by atoms with Crippen molar-refractivity contribution < 1.29 is 19.1 Å². The summed E-state index contributed by atoms with van der Waals surface area (Å²) in [6.45, 7) is 2.35. The smallest absolute Gasteiger partial charge is 0.270 e. The fourth-order valence-corrected chi connectivity index (χ4v) is 2.45. The molecule has 126 valence electrons. The molecule has 0 aromatic heterocycles. The summed E-state index contributed by atoms with van der Waals surface area (Å²) in [6, 6.07) is 11.7. The van der Waals surface area contributed by atoms with Crippen molar-refractivity contribution >= 4 is 27.7 Å². The average Bonchev–Trinajstić information content (AvgIpc) is 2.60. The third-order valence-electron chi connectivity index (χ3n) is 3.13. The Bertz CT molecular complexity index is 749. The van der Waals surface area contributed by atoms with Crippen molar-refractivity contribution in [3.8, 4) is 11.5 Å². The summed E-state index contributed by atoms with van der Waals surface area (Å²) in [5.74, 6) is 0.112. The summed E-state index contributed by atoms with van der Waals surface area (Å²) in [6.07, 6.45) is 0. The number of methoxy groups -OCH3 is 1. The zero-order valence-corrected chi connectivity index (χ0v) is 14.8. The van der Waals surface area contributed by atoms with Gasteiger partial charge in [0, 0.05) is 10.0 Å². The first-order chi connectivity index (χ1) is 11.6. The number of ether oxygens (including phenoxy) is 2. The maximum atomic E-state index is 12.2. The lowest BCUT2D eigenvalue weighted by Gasteiger charge is -2.12. The van der Waals surface area contributed by atoms with E-state index in [0.717, 1.165) is 0 Å². The summed E-state index contributed by atoms with van der Waals surface area (Å²) in [4.78, 5) is 24.2. The van der Waals surface area contributed by atoms with Gasteiger partial charge in [-0.1, -0.05) is 12.1 Å². The Morgan fingerprint density at radius 2 is 1.75 bits per heavy atom. The Balaban J connectivity index is 2.05. The molecule has 0 aliphatic heterocycles. The quantitative estimate of drug-likeness (QED) is 0.766. The molecule has 0 fully saturated rings. The molecule has 0 bridgehead atoms. The molecule has 24 heavy (non-hydrogen) atoms. The Morgan fingerprint density at radius 3 is 2.42 bits per heavy atom. The molecule has 2 rings (SSSR count). The number of rotatable bonds is 5. The van der Waals surface area contributed by atoms with Crippen LogP contribution >= 0.6 is 15.9 Å². The number of hydrogen-bond acceptors (Lipinski definition) is 4. The molecule has 0 aliphatic carbocycles. The van der Waals surface area contributed by atoms with Crippen LogP contribution in [0.4, 0.5) is 0 Å². The predicted molar refractivity (Wildman–Crippen MR) is 93.2 cm³/mol. The normalized spacial score (nSPS) is 9.96. The zero-order valence-electron chi connectivity index (χ0n) is 13.3. The van der Waals surface area contributed by atoms with Crippen LogP contribution in [0.1, 0.15) is 27.6 Å². The largest absolute Gasteiger partial charge is 0.493 e. The number of hydrazine groups is 1. The van der Waals surface area contributed by atoms with E-state index >= 15 is 0 Å². The van der Waals surface area contributed by atoms with Crippen molar-refractivity contribution in [1.29, 1.82) is 0 Å². The molecule has 0 aliphatic rings. The maximum Gasteiger partial charge on any atom is 0.270 e. The van der Waals surface area contributed by atoms with E-state index in [4.69, 9.17) is 9.47 Å². The lowest BCUT2D eigenvalue weighted by Crippen LogP contribution is -2.41. The van der Waals surface area contributed by atoms with Gasteiger partial charge in [0.25, 0.3) is 11.8 Å². The van der Waals surface area contributed by atoms with Gasteiger partial charge in [0.15, 0.2) is 11.5 Å². The van der Waals surface area contributed by atoms with Gasteiger partial charge in [-0.3, -0.25) is 20.4 Å². The molecule has 0 spiro atoms. The molecule has 2 aromatic rings. The van der Waals surface area contributed by atoms with Crippen LogP contribution < -0.4 is 20.3 Å². The Kier molecular flexibility index (Phi) is 6.20. The molecule has 2 N–H and O–H groups in total. The van der Waals surface area contributed by atoms with E-state index in [-0.39, 0.29) is 0 Å². The first kappa shape index (κ1) is 17.8. The standard InChI is InChI=1S/C17H17BrN2O4/c1-3-24-14-9-8-11(10-15(14)23-2)16(21)19-20-17(22)12-6-4-5-7-13(12)18/h4-10H,3H2,1-2H3,(H,19,21)(H,20,22). The van der Waals surface area contributed by atoms with Crippen LogP contribution in [-0.4, -0.2) is 25.5 Å². The maximum absolute atomic E-state index is 12.2. The Hall–Kier alpha value is -2.54. The zero-order chi connectivity index (χ0) is 17.5. The van der Waals surface area contributed by atoms with Gasteiger partial charge < -0.3 is 9.47 Å². The number of carbonyl (C=O) groups is 2. The molecule has 2 aromatic carbocycles. The molecule has 0 unspecified atom stereocenters. The molecule has 0 radical (unpaired) electrons.